The molecule has 1 aromatic heterocycles. The Labute approximate surface area is 114 Å². The molecule has 0 saturated carbocycles. The van der Waals surface area contributed by atoms with E-state index in [1.807, 2.05) is 30.3 Å². The maximum atomic E-state index is 13.9. The molecule has 0 spiro atoms. The number of halogens is 1. The summed E-state index contributed by atoms with van der Waals surface area (Å²) in [6.45, 7) is 0. The van der Waals surface area contributed by atoms with Gasteiger partial charge in [-0.25, -0.2) is 10.2 Å². The van der Waals surface area contributed by atoms with Crippen LogP contribution < -0.4 is 11.3 Å². The number of hydrazine groups is 1. The summed E-state index contributed by atoms with van der Waals surface area (Å²) in [7, 11) is 0. The Balaban J connectivity index is 2.38. The number of para-hydroxylation sites is 1. The van der Waals surface area contributed by atoms with Gasteiger partial charge in [0.15, 0.2) is 0 Å². The highest BCUT2D eigenvalue weighted by atomic mass is 19.1. The number of aromatic nitrogens is 1. The lowest BCUT2D eigenvalue weighted by atomic mass is 10.0. The third-order valence-corrected chi connectivity index (χ3v) is 3.20. The summed E-state index contributed by atoms with van der Waals surface area (Å²) in [6, 6.07) is 14.0. The standard InChI is InChI=1S/C15H12FN3O/c16-11-8-4-7-10-12(9-5-2-1-3-6-9)14(15(20)19-17)18-13(10)11/h1-8,18H,17H2,(H,19,20). The van der Waals surface area contributed by atoms with Crippen molar-refractivity contribution in [1.82, 2.24) is 10.4 Å². The molecule has 4 N–H and O–H groups in total. The van der Waals surface area contributed by atoms with Crippen LogP contribution in [0.5, 0.6) is 0 Å². The van der Waals surface area contributed by atoms with Crippen molar-refractivity contribution >= 4 is 16.8 Å². The van der Waals surface area contributed by atoms with Crippen molar-refractivity contribution in [2.45, 2.75) is 0 Å². The van der Waals surface area contributed by atoms with Crippen molar-refractivity contribution in [1.29, 1.82) is 0 Å². The average molecular weight is 269 g/mol. The largest absolute Gasteiger partial charge is 0.348 e. The van der Waals surface area contributed by atoms with Gasteiger partial charge in [0.1, 0.15) is 11.5 Å². The first-order chi connectivity index (χ1) is 9.72. The van der Waals surface area contributed by atoms with E-state index in [9.17, 15) is 9.18 Å². The van der Waals surface area contributed by atoms with E-state index in [0.717, 1.165) is 5.56 Å². The second-order valence-electron chi connectivity index (χ2n) is 4.38. The van der Waals surface area contributed by atoms with Crippen molar-refractivity contribution in [2.24, 2.45) is 5.84 Å². The molecule has 0 unspecified atom stereocenters. The van der Waals surface area contributed by atoms with E-state index >= 15 is 0 Å². The van der Waals surface area contributed by atoms with E-state index < -0.39 is 11.7 Å². The number of carbonyl (C=O) groups excluding carboxylic acids is 1. The molecule has 1 amide bonds. The summed E-state index contributed by atoms with van der Waals surface area (Å²) < 4.78 is 13.9. The number of amides is 1. The minimum Gasteiger partial charge on any atom is -0.348 e. The minimum absolute atomic E-state index is 0.249. The van der Waals surface area contributed by atoms with E-state index in [0.29, 0.717) is 16.5 Å². The van der Waals surface area contributed by atoms with Gasteiger partial charge >= 0.3 is 0 Å². The maximum Gasteiger partial charge on any atom is 0.282 e. The Morgan fingerprint density at radius 1 is 1.10 bits per heavy atom. The van der Waals surface area contributed by atoms with E-state index in [4.69, 9.17) is 5.84 Å². The Hall–Kier alpha value is -2.66. The van der Waals surface area contributed by atoms with Crippen molar-refractivity contribution in [2.75, 3.05) is 0 Å². The molecular weight excluding hydrogens is 257 g/mol. The number of nitrogens with one attached hydrogen (secondary N) is 2. The zero-order valence-corrected chi connectivity index (χ0v) is 10.5. The summed E-state index contributed by atoms with van der Waals surface area (Å²) in [6.07, 6.45) is 0. The number of H-pyrrole nitrogens is 1. The van der Waals surface area contributed by atoms with E-state index in [2.05, 4.69) is 10.4 Å². The number of aromatic amines is 1. The molecule has 5 heteroatoms. The summed E-state index contributed by atoms with van der Waals surface area (Å²) in [5.41, 5.74) is 4.09. The van der Waals surface area contributed by atoms with Crippen LogP contribution in [0.3, 0.4) is 0 Å². The first-order valence-electron chi connectivity index (χ1n) is 6.09. The highest BCUT2D eigenvalue weighted by molar-refractivity contribution is 6.09. The molecule has 4 nitrogen and oxygen atoms in total. The van der Waals surface area contributed by atoms with Crippen molar-refractivity contribution in [3.8, 4) is 11.1 Å². The van der Waals surface area contributed by atoms with Crippen LogP contribution in [0.15, 0.2) is 48.5 Å². The molecular formula is C15H12FN3O. The van der Waals surface area contributed by atoms with Gasteiger partial charge in [0.25, 0.3) is 5.91 Å². The van der Waals surface area contributed by atoms with E-state index in [1.165, 1.54) is 6.07 Å². The molecule has 0 aliphatic carbocycles. The van der Waals surface area contributed by atoms with Gasteiger partial charge in [-0.05, 0) is 11.6 Å². The molecule has 0 aliphatic rings. The van der Waals surface area contributed by atoms with Gasteiger partial charge in [-0.15, -0.1) is 0 Å². The minimum atomic E-state index is -0.487. The first-order valence-corrected chi connectivity index (χ1v) is 6.09. The molecule has 1 heterocycles. The molecule has 0 saturated heterocycles. The van der Waals surface area contributed by atoms with Gasteiger partial charge in [0.2, 0.25) is 0 Å². The smallest absolute Gasteiger partial charge is 0.282 e. The van der Waals surface area contributed by atoms with Crippen LogP contribution >= 0.6 is 0 Å². The Bertz CT molecular complexity index is 780. The summed E-state index contributed by atoms with van der Waals surface area (Å²) in [5, 5.41) is 0.648. The normalized spacial score (nSPS) is 10.7. The number of carbonyl (C=O) groups is 1. The maximum absolute atomic E-state index is 13.9. The zero-order chi connectivity index (χ0) is 14.1. The second-order valence-corrected chi connectivity index (χ2v) is 4.38. The number of hydrogen-bond acceptors (Lipinski definition) is 2. The highest BCUT2D eigenvalue weighted by Gasteiger charge is 2.19. The fourth-order valence-corrected chi connectivity index (χ4v) is 2.33. The van der Waals surface area contributed by atoms with E-state index in [-0.39, 0.29) is 5.69 Å². The SMILES string of the molecule is NNC(=O)c1[nH]c2c(F)cccc2c1-c1ccccc1. The third kappa shape index (κ3) is 1.85. The number of benzene rings is 2. The van der Waals surface area contributed by atoms with Crippen LogP contribution in [0.2, 0.25) is 0 Å². The zero-order valence-electron chi connectivity index (χ0n) is 10.5. The number of rotatable bonds is 2. The Morgan fingerprint density at radius 3 is 2.55 bits per heavy atom. The molecule has 3 aromatic rings. The fraction of sp³-hybridized carbons (Fsp3) is 0. The molecule has 2 aromatic carbocycles. The predicted octanol–water partition coefficient (Wildman–Crippen LogP) is 2.58. The van der Waals surface area contributed by atoms with Crippen molar-refractivity contribution < 1.29 is 9.18 Å². The van der Waals surface area contributed by atoms with E-state index in [1.54, 1.807) is 12.1 Å². The van der Waals surface area contributed by atoms with Crippen molar-refractivity contribution in [3.05, 3.63) is 60.0 Å². The van der Waals surface area contributed by atoms with Gasteiger partial charge in [-0.3, -0.25) is 10.2 Å². The Morgan fingerprint density at radius 2 is 1.85 bits per heavy atom. The lowest BCUT2D eigenvalue weighted by Crippen LogP contribution is -2.30. The molecule has 0 aliphatic heterocycles. The molecule has 0 fully saturated rings. The monoisotopic (exact) mass is 269 g/mol. The van der Waals surface area contributed by atoms with Gasteiger partial charge in [0, 0.05) is 10.9 Å². The molecule has 3 rings (SSSR count). The van der Waals surface area contributed by atoms with Gasteiger partial charge in [0.05, 0.1) is 5.52 Å². The van der Waals surface area contributed by atoms with Crippen LogP contribution in [0.25, 0.3) is 22.0 Å². The van der Waals surface area contributed by atoms with Crippen LogP contribution in [-0.4, -0.2) is 10.9 Å². The topological polar surface area (TPSA) is 70.9 Å². The first kappa shape index (κ1) is 12.4. The summed E-state index contributed by atoms with van der Waals surface area (Å²) in [4.78, 5) is 14.7. The molecule has 0 atom stereocenters. The molecule has 20 heavy (non-hydrogen) atoms. The lowest BCUT2D eigenvalue weighted by molar-refractivity contribution is 0.0950. The number of nitrogens with two attached hydrogens (primary N) is 1. The highest BCUT2D eigenvalue weighted by Crippen LogP contribution is 2.33. The van der Waals surface area contributed by atoms with Gasteiger partial charge in [-0.2, -0.15) is 0 Å². The van der Waals surface area contributed by atoms with Crippen molar-refractivity contribution in [3.63, 3.8) is 0 Å². The number of fused-ring (bicyclic) bond motifs is 1. The van der Waals surface area contributed by atoms with Crippen LogP contribution in [0.4, 0.5) is 4.39 Å². The van der Waals surface area contributed by atoms with Crippen LogP contribution in [0, 0.1) is 5.82 Å². The van der Waals surface area contributed by atoms with Crippen LogP contribution in [-0.2, 0) is 0 Å². The molecule has 0 bridgehead atoms. The number of hydrogen-bond donors (Lipinski definition) is 3. The molecule has 0 radical (unpaired) electrons. The third-order valence-electron chi connectivity index (χ3n) is 3.20. The summed E-state index contributed by atoms with van der Waals surface area (Å²) in [5.74, 6) is 4.30. The predicted molar refractivity (Wildman–Crippen MR) is 75.3 cm³/mol. The lowest BCUT2D eigenvalue weighted by Gasteiger charge is -2.03. The number of nitrogen functional groups attached to an aromatic ring is 1. The van der Waals surface area contributed by atoms with Gasteiger partial charge in [-0.1, -0.05) is 42.5 Å². The van der Waals surface area contributed by atoms with Crippen LogP contribution in [0.1, 0.15) is 10.5 Å². The average Bonchev–Trinajstić information content (AvgIpc) is 2.88. The second kappa shape index (κ2) is 4.79. The van der Waals surface area contributed by atoms with Gasteiger partial charge < -0.3 is 4.98 Å². The Kier molecular flexibility index (Phi) is 2.96. The summed E-state index contributed by atoms with van der Waals surface area (Å²) >= 11 is 0. The molecule has 100 valence electrons. The quantitative estimate of drug-likeness (QED) is 0.380. The fourth-order valence-electron chi connectivity index (χ4n) is 2.33.